The summed E-state index contributed by atoms with van der Waals surface area (Å²) in [5.41, 5.74) is 40.2. The van der Waals surface area contributed by atoms with Gasteiger partial charge in [-0.2, -0.15) is 12.6 Å². The highest BCUT2D eigenvalue weighted by atomic mass is 32.1. The number of thiol groups is 1. The molecule has 20 N–H and O–H groups in total. The molecule has 3 amide bonds. The second kappa shape index (κ2) is 40.4. The van der Waals surface area contributed by atoms with Crippen molar-refractivity contribution in [1.29, 1.82) is 5.41 Å². The van der Waals surface area contributed by atoms with Crippen LogP contribution in [0.2, 0.25) is 0 Å². The Hall–Kier alpha value is -3.35. The third kappa shape index (κ3) is 37.2. The molecular formula is C40H88N18O3S. The van der Waals surface area contributed by atoms with E-state index in [1.54, 1.807) is 0 Å². The Kier molecular flexibility index (Phi) is 38.2. The minimum atomic E-state index is -0.613. The molecule has 0 aromatic heterocycles. The molecule has 0 aliphatic heterocycles. The molecule has 0 aromatic carbocycles. The maximum Gasteiger partial charge on any atom is 0.236 e. The molecule has 2 atom stereocenters. The van der Waals surface area contributed by atoms with Gasteiger partial charge in [0.25, 0.3) is 0 Å². The minimum Gasteiger partial charge on any atom is -0.370 e. The van der Waals surface area contributed by atoms with Gasteiger partial charge in [0.05, 0.1) is 12.1 Å². The Balaban J connectivity index is 5.11. The monoisotopic (exact) mass is 901 g/mol. The van der Waals surface area contributed by atoms with Crippen LogP contribution in [0, 0.1) is 5.41 Å². The highest BCUT2D eigenvalue weighted by Crippen LogP contribution is 2.04. The van der Waals surface area contributed by atoms with Gasteiger partial charge in [-0.1, -0.05) is 6.42 Å². The Morgan fingerprint density at radius 3 is 1.55 bits per heavy atom. The molecule has 0 radical (unpaired) electrons. The zero-order valence-corrected chi connectivity index (χ0v) is 38.9. The predicted octanol–water partition coefficient (Wildman–Crippen LogP) is -3.16. The number of nitrogens with two attached hydrogens (primary N) is 7. The summed E-state index contributed by atoms with van der Waals surface area (Å²) < 4.78 is 0. The van der Waals surface area contributed by atoms with E-state index in [1.807, 2.05) is 0 Å². The number of amides is 3. The van der Waals surface area contributed by atoms with Gasteiger partial charge in [0.2, 0.25) is 17.7 Å². The zero-order chi connectivity index (χ0) is 46.2. The van der Waals surface area contributed by atoms with Crippen molar-refractivity contribution in [2.75, 3.05) is 130 Å². The summed E-state index contributed by atoms with van der Waals surface area (Å²) in [5.74, 6) is 0.448. The number of nitrogens with zero attached hydrogens (tertiary/aromatic N) is 5. The predicted molar refractivity (Wildman–Crippen MR) is 258 cm³/mol. The first-order valence-corrected chi connectivity index (χ1v) is 23.3. The zero-order valence-electron chi connectivity index (χ0n) is 38.0. The van der Waals surface area contributed by atoms with Gasteiger partial charge in [-0.25, -0.2) is 0 Å². The fourth-order valence-electron chi connectivity index (χ4n) is 6.45. The van der Waals surface area contributed by atoms with Gasteiger partial charge in [0.15, 0.2) is 11.9 Å². The Bertz CT molecular complexity index is 1220. The van der Waals surface area contributed by atoms with Crippen LogP contribution in [-0.4, -0.2) is 192 Å². The fraction of sp³-hybridized carbons (Fsp3) is 0.850. The maximum atomic E-state index is 12.5. The topological polar surface area (TPSA) is 352 Å². The van der Waals surface area contributed by atoms with E-state index in [9.17, 15) is 14.4 Å². The summed E-state index contributed by atoms with van der Waals surface area (Å²) in [6, 6.07) is -1.22. The van der Waals surface area contributed by atoms with E-state index >= 15 is 0 Å². The standard InChI is InChI=1S/C40H88N18O3S/c1-33(59)51-21-28-58(27-19-49-14-5-9-34(42)10-8-32-62)31-30-57(26-20-50-17-18-52-37(60)35(43)11-6-15-54-39(45)46)24-4-2-3-23-56(25-13-41)29-22-53-38(61)36(44)12-7-16-55-40(47)48/h35-36,42,49-50,62H,2-32,41,43-44H2,1H3,(H,51,59)(H,52,60)(H,53,61)(H4,45,46,54)(H4,47,48,55). The molecule has 22 heteroatoms. The van der Waals surface area contributed by atoms with E-state index in [-0.39, 0.29) is 29.6 Å². The van der Waals surface area contributed by atoms with Crippen molar-refractivity contribution in [3.63, 3.8) is 0 Å². The van der Waals surface area contributed by atoms with Crippen LogP contribution < -0.4 is 66.7 Å². The number of unbranched alkanes of at least 4 members (excludes halogenated alkanes) is 2. The van der Waals surface area contributed by atoms with Crippen molar-refractivity contribution in [3.05, 3.63) is 0 Å². The molecule has 62 heavy (non-hydrogen) atoms. The Morgan fingerprint density at radius 2 is 1.03 bits per heavy atom. The van der Waals surface area contributed by atoms with Crippen LogP contribution in [0.25, 0.3) is 0 Å². The van der Waals surface area contributed by atoms with Crippen molar-refractivity contribution in [1.82, 2.24) is 41.3 Å². The number of rotatable bonds is 43. The summed E-state index contributed by atoms with van der Waals surface area (Å²) in [7, 11) is 0. The first kappa shape index (κ1) is 58.6. The molecule has 0 bridgehead atoms. The third-order valence-electron chi connectivity index (χ3n) is 10.0. The smallest absolute Gasteiger partial charge is 0.236 e. The van der Waals surface area contributed by atoms with Gasteiger partial charge in [0.1, 0.15) is 0 Å². The minimum absolute atomic E-state index is 0.0260. The van der Waals surface area contributed by atoms with Gasteiger partial charge in [-0.3, -0.25) is 29.3 Å². The third-order valence-corrected chi connectivity index (χ3v) is 10.4. The van der Waals surface area contributed by atoms with E-state index < -0.39 is 12.1 Å². The van der Waals surface area contributed by atoms with Crippen molar-refractivity contribution in [3.8, 4) is 0 Å². The first-order valence-electron chi connectivity index (χ1n) is 22.7. The van der Waals surface area contributed by atoms with Gasteiger partial charge in [0, 0.05) is 117 Å². The number of nitrogens with one attached hydrogen (secondary N) is 6. The van der Waals surface area contributed by atoms with Gasteiger partial charge < -0.3 is 81.9 Å². The number of carbonyl (C=O) groups excluding carboxylic acids is 3. The highest BCUT2D eigenvalue weighted by molar-refractivity contribution is 7.80. The van der Waals surface area contributed by atoms with Gasteiger partial charge in [-0.15, -0.1) is 0 Å². The summed E-state index contributed by atoms with van der Waals surface area (Å²) in [4.78, 5) is 51.5. The molecule has 0 fully saturated rings. The molecule has 0 heterocycles. The maximum absolute atomic E-state index is 12.5. The lowest BCUT2D eigenvalue weighted by Crippen LogP contribution is -2.45. The molecule has 0 saturated heterocycles. The van der Waals surface area contributed by atoms with Crippen LogP contribution in [0.3, 0.4) is 0 Å². The van der Waals surface area contributed by atoms with Gasteiger partial charge in [-0.05, 0) is 89.6 Å². The van der Waals surface area contributed by atoms with E-state index in [4.69, 9.17) is 45.5 Å². The second-order valence-electron chi connectivity index (χ2n) is 15.6. The van der Waals surface area contributed by atoms with E-state index in [1.165, 1.54) is 6.92 Å². The molecule has 21 nitrogen and oxygen atoms in total. The number of hydrogen-bond acceptors (Lipinski definition) is 15. The molecule has 362 valence electrons. The summed E-state index contributed by atoms with van der Waals surface area (Å²) in [6.45, 7) is 15.0. The van der Waals surface area contributed by atoms with Crippen LogP contribution in [0.1, 0.15) is 77.6 Å². The Morgan fingerprint density at radius 1 is 0.565 bits per heavy atom. The average molecular weight is 901 g/mol. The van der Waals surface area contributed by atoms with Crippen LogP contribution in [0.5, 0.6) is 0 Å². The van der Waals surface area contributed by atoms with Crippen LogP contribution >= 0.6 is 12.6 Å². The highest BCUT2D eigenvalue weighted by Gasteiger charge is 2.15. The Labute approximate surface area is 377 Å². The van der Waals surface area contributed by atoms with Crippen LogP contribution in [0.15, 0.2) is 9.98 Å². The van der Waals surface area contributed by atoms with Crippen molar-refractivity contribution >= 4 is 48.0 Å². The largest absolute Gasteiger partial charge is 0.370 e. The normalized spacial score (nSPS) is 12.3. The summed E-state index contributed by atoms with van der Waals surface area (Å²) >= 11 is 4.25. The quantitative estimate of drug-likeness (QED) is 0.0124. The lowest BCUT2D eigenvalue weighted by molar-refractivity contribution is -0.123. The molecule has 0 aliphatic rings. The van der Waals surface area contributed by atoms with Crippen molar-refractivity contribution < 1.29 is 14.4 Å². The molecule has 0 saturated carbocycles. The van der Waals surface area contributed by atoms with Gasteiger partial charge >= 0.3 is 0 Å². The average Bonchev–Trinajstić information content (AvgIpc) is 3.23. The number of hydrogen-bond donors (Lipinski definition) is 14. The van der Waals surface area contributed by atoms with Crippen molar-refractivity contribution in [2.24, 2.45) is 50.1 Å². The van der Waals surface area contributed by atoms with Crippen molar-refractivity contribution in [2.45, 2.75) is 89.6 Å². The number of aliphatic imine (C=N–C) groups is 2. The molecule has 0 rings (SSSR count). The van der Waals surface area contributed by atoms with E-state index in [2.05, 4.69) is 63.9 Å². The molecular weight excluding hydrogens is 813 g/mol. The first-order chi connectivity index (χ1) is 29.8. The molecule has 0 aliphatic carbocycles. The lowest BCUT2D eigenvalue weighted by Gasteiger charge is -2.28. The molecule has 0 aromatic rings. The van der Waals surface area contributed by atoms with E-state index in [0.29, 0.717) is 78.0 Å². The second-order valence-corrected chi connectivity index (χ2v) is 16.0. The van der Waals surface area contributed by atoms with E-state index in [0.717, 1.165) is 128 Å². The summed E-state index contributed by atoms with van der Waals surface area (Å²) in [5, 5.41) is 23.9. The summed E-state index contributed by atoms with van der Waals surface area (Å²) in [6.07, 6.45) is 8.81. The number of carbonyl (C=O) groups is 3. The molecule has 0 spiro atoms. The SMILES string of the molecule is CC(=O)NCCN(CCNCCCC(=N)CCCS)CCN(CCCCCN(CCN)CCNC(=O)C(N)CCCN=C(N)N)CCNCCNC(=O)C(N)CCCN=C(N)N. The van der Waals surface area contributed by atoms with Crippen LogP contribution in [0.4, 0.5) is 0 Å². The van der Waals surface area contributed by atoms with Crippen LogP contribution in [-0.2, 0) is 14.4 Å². The number of guanidine groups is 2. The fourth-order valence-corrected chi connectivity index (χ4v) is 6.61. The molecule has 2 unspecified atom stereocenters. The lowest BCUT2D eigenvalue weighted by atomic mass is 10.1.